The maximum atomic E-state index is 12.9. The number of carbonyl (C=O) groups is 2. The molecule has 0 bridgehead atoms. The standard InChI is InChI=1S/C19H16F3N5O2/c1-11(18(29)23-16-8-6-13(7-9-16)12(2)28)27-25-17(24-26-27)14-4-3-5-15(10-14)19(20,21)22/h3-11H,1-2H3,(H,23,29)/t11-/m1/s1. The highest BCUT2D eigenvalue weighted by molar-refractivity contribution is 5.96. The number of anilines is 1. The van der Waals surface area contributed by atoms with Crippen molar-refractivity contribution in [2.45, 2.75) is 26.1 Å². The first-order chi connectivity index (χ1) is 13.6. The minimum atomic E-state index is -4.49. The molecule has 2 aromatic carbocycles. The number of halogens is 3. The van der Waals surface area contributed by atoms with E-state index >= 15 is 0 Å². The van der Waals surface area contributed by atoms with E-state index < -0.39 is 23.7 Å². The van der Waals surface area contributed by atoms with E-state index in [1.54, 1.807) is 24.3 Å². The van der Waals surface area contributed by atoms with Gasteiger partial charge in [0.15, 0.2) is 5.78 Å². The highest BCUT2D eigenvalue weighted by Crippen LogP contribution is 2.31. The van der Waals surface area contributed by atoms with Crippen molar-refractivity contribution in [1.82, 2.24) is 20.2 Å². The summed E-state index contributed by atoms with van der Waals surface area (Å²) in [6, 6.07) is 10.0. The van der Waals surface area contributed by atoms with E-state index in [1.807, 2.05) is 0 Å². The third-order valence-electron chi connectivity index (χ3n) is 4.16. The van der Waals surface area contributed by atoms with Crippen molar-refractivity contribution in [3.8, 4) is 11.4 Å². The van der Waals surface area contributed by atoms with Crippen LogP contribution >= 0.6 is 0 Å². The lowest BCUT2D eigenvalue weighted by atomic mass is 10.1. The van der Waals surface area contributed by atoms with Crippen molar-refractivity contribution in [3.63, 3.8) is 0 Å². The molecule has 3 aromatic rings. The minimum absolute atomic E-state index is 0.0263. The third kappa shape index (κ3) is 4.65. The molecular formula is C19H16F3N5O2. The molecule has 1 amide bonds. The summed E-state index contributed by atoms with van der Waals surface area (Å²) in [4.78, 5) is 24.7. The summed E-state index contributed by atoms with van der Waals surface area (Å²) in [5.74, 6) is -0.569. The Balaban J connectivity index is 1.74. The number of amides is 1. The first-order valence-electron chi connectivity index (χ1n) is 8.54. The van der Waals surface area contributed by atoms with Gasteiger partial charge in [-0.25, -0.2) is 0 Å². The lowest BCUT2D eigenvalue weighted by molar-refractivity contribution is -0.137. The van der Waals surface area contributed by atoms with Gasteiger partial charge in [0, 0.05) is 16.8 Å². The molecule has 0 aliphatic carbocycles. The van der Waals surface area contributed by atoms with Crippen molar-refractivity contribution < 1.29 is 22.8 Å². The maximum absolute atomic E-state index is 12.9. The summed E-state index contributed by atoms with van der Waals surface area (Å²) in [7, 11) is 0. The molecule has 7 nitrogen and oxygen atoms in total. The van der Waals surface area contributed by atoms with E-state index in [0.29, 0.717) is 11.3 Å². The Morgan fingerprint density at radius 3 is 2.41 bits per heavy atom. The zero-order chi connectivity index (χ0) is 21.2. The molecule has 1 N–H and O–H groups in total. The monoisotopic (exact) mass is 403 g/mol. The Morgan fingerprint density at radius 2 is 1.79 bits per heavy atom. The second-order valence-electron chi connectivity index (χ2n) is 6.31. The van der Waals surface area contributed by atoms with Gasteiger partial charge in [0.25, 0.3) is 5.91 Å². The van der Waals surface area contributed by atoms with Crippen molar-refractivity contribution in [1.29, 1.82) is 0 Å². The number of carbonyl (C=O) groups excluding carboxylic acids is 2. The highest BCUT2D eigenvalue weighted by atomic mass is 19.4. The average Bonchev–Trinajstić information content (AvgIpc) is 3.17. The first kappa shape index (κ1) is 20.2. The topological polar surface area (TPSA) is 89.8 Å². The zero-order valence-corrected chi connectivity index (χ0v) is 15.4. The van der Waals surface area contributed by atoms with Crippen LogP contribution in [0.5, 0.6) is 0 Å². The van der Waals surface area contributed by atoms with Crippen LogP contribution in [0.25, 0.3) is 11.4 Å². The molecule has 1 atom stereocenters. The summed E-state index contributed by atoms with van der Waals surface area (Å²) in [6.45, 7) is 2.96. The van der Waals surface area contributed by atoms with Gasteiger partial charge in [0.2, 0.25) is 5.82 Å². The molecule has 0 fully saturated rings. The molecular weight excluding hydrogens is 387 g/mol. The van der Waals surface area contributed by atoms with Crippen LogP contribution < -0.4 is 5.32 Å². The van der Waals surface area contributed by atoms with Gasteiger partial charge in [0.05, 0.1) is 5.56 Å². The number of ketones is 1. The van der Waals surface area contributed by atoms with Crippen LogP contribution in [0.2, 0.25) is 0 Å². The Kier molecular flexibility index (Phi) is 5.44. The Morgan fingerprint density at radius 1 is 1.10 bits per heavy atom. The van der Waals surface area contributed by atoms with Gasteiger partial charge in [-0.2, -0.15) is 18.0 Å². The summed E-state index contributed by atoms with van der Waals surface area (Å²) in [5.41, 5.74) is 0.300. The predicted octanol–water partition coefficient (Wildman–Crippen LogP) is 3.76. The van der Waals surface area contributed by atoms with Crippen molar-refractivity contribution >= 4 is 17.4 Å². The molecule has 0 spiro atoms. The van der Waals surface area contributed by atoms with Gasteiger partial charge in [-0.1, -0.05) is 12.1 Å². The molecule has 0 saturated heterocycles. The number of tetrazole rings is 1. The van der Waals surface area contributed by atoms with E-state index in [2.05, 4.69) is 20.7 Å². The number of hydrogen-bond acceptors (Lipinski definition) is 5. The summed E-state index contributed by atoms with van der Waals surface area (Å²) in [6.07, 6.45) is -4.49. The van der Waals surface area contributed by atoms with E-state index in [1.165, 1.54) is 26.0 Å². The fraction of sp³-hybridized carbons (Fsp3) is 0.211. The molecule has 0 radical (unpaired) electrons. The van der Waals surface area contributed by atoms with Crippen LogP contribution in [0.1, 0.15) is 35.8 Å². The van der Waals surface area contributed by atoms with E-state index in [9.17, 15) is 22.8 Å². The molecule has 1 heterocycles. The lowest BCUT2D eigenvalue weighted by Gasteiger charge is -2.11. The summed E-state index contributed by atoms with van der Waals surface area (Å²) >= 11 is 0. The van der Waals surface area contributed by atoms with Gasteiger partial charge in [-0.15, -0.1) is 10.2 Å². The van der Waals surface area contributed by atoms with Crippen LogP contribution in [0.15, 0.2) is 48.5 Å². The SMILES string of the molecule is CC(=O)c1ccc(NC(=O)[C@@H](C)n2nnc(-c3cccc(C(F)(F)F)c3)n2)cc1. The Bertz CT molecular complexity index is 1040. The van der Waals surface area contributed by atoms with Crippen LogP contribution in [0.3, 0.4) is 0 Å². The fourth-order valence-electron chi connectivity index (χ4n) is 2.48. The van der Waals surface area contributed by atoms with Crippen molar-refractivity contribution in [2.75, 3.05) is 5.32 Å². The van der Waals surface area contributed by atoms with E-state index in [0.717, 1.165) is 16.9 Å². The molecule has 0 unspecified atom stereocenters. The predicted molar refractivity (Wildman–Crippen MR) is 98.0 cm³/mol. The molecule has 10 heteroatoms. The number of nitrogens with zero attached hydrogens (tertiary/aromatic N) is 4. The molecule has 150 valence electrons. The molecule has 0 saturated carbocycles. The van der Waals surface area contributed by atoms with E-state index in [4.69, 9.17) is 0 Å². The second kappa shape index (κ2) is 7.82. The first-order valence-corrected chi connectivity index (χ1v) is 8.54. The highest BCUT2D eigenvalue weighted by Gasteiger charge is 2.31. The number of nitrogens with one attached hydrogen (secondary N) is 1. The zero-order valence-electron chi connectivity index (χ0n) is 15.4. The molecule has 3 rings (SSSR count). The minimum Gasteiger partial charge on any atom is -0.324 e. The number of rotatable bonds is 5. The van der Waals surface area contributed by atoms with Gasteiger partial charge in [0.1, 0.15) is 6.04 Å². The third-order valence-corrected chi connectivity index (χ3v) is 4.16. The second-order valence-corrected chi connectivity index (χ2v) is 6.31. The van der Waals surface area contributed by atoms with E-state index in [-0.39, 0.29) is 17.2 Å². The molecule has 29 heavy (non-hydrogen) atoms. The van der Waals surface area contributed by atoms with Crippen molar-refractivity contribution in [3.05, 3.63) is 59.7 Å². The number of benzene rings is 2. The van der Waals surface area contributed by atoms with Crippen LogP contribution in [-0.4, -0.2) is 31.9 Å². The number of alkyl halides is 3. The van der Waals surface area contributed by atoms with Crippen molar-refractivity contribution in [2.24, 2.45) is 0 Å². The average molecular weight is 403 g/mol. The van der Waals surface area contributed by atoms with Gasteiger partial charge in [-0.05, 0) is 55.5 Å². The van der Waals surface area contributed by atoms with Crippen LogP contribution in [0, 0.1) is 0 Å². The normalized spacial score (nSPS) is 12.4. The molecule has 1 aromatic heterocycles. The summed E-state index contributed by atoms with van der Waals surface area (Å²) < 4.78 is 38.6. The quantitative estimate of drug-likeness (QED) is 0.655. The van der Waals surface area contributed by atoms with Crippen LogP contribution in [0.4, 0.5) is 18.9 Å². The number of Topliss-reactive ketones (excluding diaryl/α,β-unsaturated/α-hetero) is 1. The number of hydrogen-bond donors (Lipinski definition) is 1. The van der Waals surface area contributed by atoms with Crippen LogP contribution in [-0.2, 0) is 11.0 Å². The summed E-state index contributed by atoms with van der Waals surface area (Å²) in [5, 5.41) is 14.2. The fourth-order valence-corrected chi connectivity index (χ4v) is 2.48. The largest absolute Gasteiger partial charge is 0.416 e. The lowest BCUT2D eigenvalue weighted by Crippen LogP contribution is -2.25. The Hall–Kier alpha value is -3.56. The maximum Gasteiger partial charge on any atom is 0.416 e. The smallest absolute Gasteiger partial charge is 0.324 e. The number of aromatic nitrogens is 4. The van der Waals surface area contributed by atoms with Gasteiger partial charge in [-0.3, -0.25) is 9.59 Å². The van der Waals surface area contributed by atoms with Gasteiger partial charge >= 0.3 is 6.18 Å². The molecule has 0 aliphatic heterocycles. The Labute approximate surface area is 163 Å². The molecule has 0 aliphatic rings. The van der Waals surface area contributed by atoms with Gasteiger partial charge < -0.3 is 5.32 Å².